The number of fused-ring (bicyclic) bond motifs is 2. The van der Waals surface area contributed by atoms with Gasteiger partial charge in [0.05, 0.1) is 10.9 Å². The Morgan fingerprint density at radius 1 is 1.09 bits per heavy atom. The minimum Gasteiger partial charge on any atom is -0.355 e. The van der Waals surface area contributed by atoms with E-state index in [4.69, 9.17) is 0 Å². The average molecular weight is 294 g/mol. The van der Waals surface area contributed by atoms with Crippen LogP contribution in [0.4, 0.5) is 5.82 Å². The molecule has 1 aliphatic heterocycles. The molecule has 0 spiro atoms. The van der Waals surface area contributed by atoms with E-state index in [1.165, 1.54) is 17.4 Å². The number of benzene rings is 1. The van der Waals surface area contributed by atoms with Crippen molar-refractivity contribution in [1.82, 2.24) is 14.6 Å². The van der Waals surface area contributed by atoms with Gasteiger partial charge in [-0.3, -0.25) is 4.79 Å². The second kappa shape index (κ2) is 5.09. The highest BCUT2D eigenvalue weighted by atomic mass is 16.1. The number of aromatic nitrogens is 3. The van der Waals surface area contributed by atoms with Gasteiger partial charge in [0.25, 0.3) is 5.56 Å². The first-order valence-electron chi connectivity index (χ1n) is 7.76. The zero-order valence-corrected chi connectivity index (χ0v) is 12.6. The molecule has 0 radical (unpaired) electrons. The van der Waals surface area contributed by atoms with Gasteiger partial charge >= 0.3 is 0 Å². The fourth-order valence-electron chi connectivity index (χ4n) is 3.04. The third kappa shape index (κ3) is 2.13. The first kappa shape index (κ1) is 13.2. The first-order chi connectivity index (χ1) is 10.7. The summed E-state index contributed by atoms with van der Waals surface area (Å²) in [4.78, 5) is 19.4. The van der Waals surface area contributed by atoms with E-state index < -0.39 is 0 Å². The largest absolute Gasteiger partial charge is 0.355 e. The predicted octanol–water partition coefficient (Wildman–Crippen LogP) is 2.48. The maximum absolute atomic E-state index is 12.6. The molecular weight excluding hydrogens is 276 g/mol. The quantitative estimate of drug-likeness (QED) is 0.647. The molecule has 0 saturated carbocycles. The minimum atomic E-state index is -0.104. The van der Waals surface area contributed by atoms with E-state index in [1.807, 2.05) is 30.3 Å². The summed E-state index contributed by atoms with van der Waals surface area (Å²) in [5, 5.41) is 5.15. The number of rotatable bonds is 1. The lowest BCUT2D eigenvalue weighted by atomic mass is 9.99. The van der Waals surface area contributed by atoms with E-state index in [0.29, 0.717) is 16.6 Å². The van der Waals surface area contributed by atoms with Gasteiger partial charge in [0, 0.05) is 13.1 Å². The number of nitrogens with zero attached hydrogens (tertiary/aromatic N) is 4. The lowest BCUT2D eigenvalue weighted by molar-refractivity contribution is 0.435. The van der Waals surface area contributed by atoms with Crippen LogP contribution in [0, 0.1) is 5.92 Å². The number of anilines is 1. The average Bonchev–Trinajstić information content (AvgIpc) is 2.56. The highest BCUT2D eigenvalue weighted by molar-refractivity contribution is 5.79. The van der Waals surface area contributed by atoms with Crippen molar-refractivity contribution < 1.29 is 0 Å². The van der Waals surface area contributed by atoms with Gasteiger partial charge in [0.2, 0.25) is 0 Å². The Balaban J connectivity index is 1.85. The maximum Gasteiger partial charge on any atom is 0.282 e. The lowest BCUT2D eigenvalue weighted by Gasteiger charge is -2.31. The van der Waals surface area contributed by atoms with Crippen molar-refractivity contribution in [3.63, 3.8) is 0 Å². The Morgan fingerprint density at radius 2 is 1.86 bits per heavy atom. The Hall–Kier alpha value is -2.43. The van der Waals surface area contributed by atoms with Crippen molar-refractivity contribution >= 4 is 22.4 Å². The van der Waals surface area contributed by atoms with Crippen molar-refractivity contribution in [2.75, 3.05) is 18.0 Å². The summed E-state index contributed by atoms with van der Waals surface area (Å²) in [5.41, 5.74) is 1.21. The molecule has 0 amide bonds. The summed E-state index contributed by atoms with van der Waals surface area (Å²) in [6, 6.07) is 11.3. The molecule has 5 nitrogen and oxygen atoms in total. The van der Waals surface area contributed by atoms with E-state index in [2.05, 4.69) is 21.9 Å². The van der Waals surface area contributed by atoms with Crippen LogP contribution < -0.4 is 10.5 Å². The molecule has 1 aromatic carbocycles. The van der Waals surface area contributed by atoms with Crippen LogP contribution in [0.2, 0.25) is 0 Å². The zero-order valence-electron chi connectivity index (χ0n) is 12.6. The summed E-state index contributed by atoms with van der Waals surface area (Å²) in [7, 11) is 0. The van der Waals surface area contributed by atoms with Gasteiger partial charge in [0.1, 0.15) is 5.82 Å². The van der Waals surface area contributed by atoms with Crippen LogP contribution >= 0.6 is 0 Å². The van der Waals surface area contributed by atoms with Gasteiger partial charge in [-0.1, -0.05) is 19.1 Å². The monoisotopic (exact) mass is 294 g/mol. The Bertz CT molecular complexity index is 894. The van der Waals surface area contributed by atoms with Crippen LogP contribution in [0.5, 0.6) is 0 Å². The normalized spacial score (nSPS) is 16.5. The van der Waals surface area contributed by atoms with E-state index in [1.54, 1.807) is 6.07 Å². The van der Waals surface area contributed by atoms with Crippen molar-refractivity contribution in [1.29, 1.82) is 0 Å². The molecule has 0 aliphatic carbocycles. The number of para-hydroxylation sites is 1. The predicted molar refractivity (Wildman–Crippen MR) is 87.4 cm³/mol. The highest BCUT2D eigenvalue weighted by Gasteiger charge is 2.17. The standard InChI is InChI=1S/C17H18N4O/c1-12-8-10-20(11-9-12)16-7-6-15-18-14-5-3-2-4-13(14)17(22)21(15)19-16/h2-7,12H,8-11H2,1H3. The topological polar surface area (TPSA) is 50.5 Å². The van der Waals surface area contributed by atoms with Crippen LogP contribution in [0.25, 0.3) is 16.6 Å². The molecule has 3 aromatic rings. The molecule has 3 heterocycles. The van der Waals surface area contributed by atoms with Crippen molar-refractivity contribution in [2.45, 2.75) is 19.8 Å². The molecule has 1 fully saturated rings. The van der Waals surface area contributed by atoms with E-state index in [9.17, 15) is 4.79 Å². The minimum absolute atomic E-state index is 0.104. The van der Waals surface area contributed by atoms with Crippen molar-refractivity contribution in [3.05, 3.63) is 46.8 Å². The molecule has 1 saturated heterocycles. The van der Waals surface area contributed by atoms with Gasteiger partial charge in [-0.15, -0.1) is 5.10 Å². The zero-order chi connectivity index (χ0) is 15.1. The first-order valence-corrected chi connectivity index (χ1v) is 7.76. The van der Waals surface area contributed by atoms with Crippen molar-refractivity contribution in [3.8, 4) is 0 Å². The molecular formula is C17H18N4O. The van der Waals surface area contributed by atoms with Crippen molar-refractivity contribution in [2.24, 2.45) is 5.92 Å². The Labute approximate surface area is 128 Å². The summed E-state index contributed by atoms with van der Waals surface area (Å²) < 4.78 is 1.43. The molecule has 0 unspecified atom stereocenters. The van der Waals surface area contributed by atoms with Crippen LogP contribution in [0.15, 0.2) is 41.2 Å². The Kier molecular flexibility index (Phi) is 3.06. The highest BCUT2D eigenvalue weighted by Crippen LogP contribution is 2.21. The number of piperidine rings is 1. The molecule has 0 atom stereocenters. The third-order valence-corrected chi connectivity index (χ3v) is 4.47. The molecule has 5 heteroatoms. The smallest absolute Gasteiger partial charge is 0.282 e. The van der Waals surface area contributed by atoms with Crippen LogP contribution in [-0.2, 0) is 0 Å². The molecule has 1 aliphatic rings. The molecule has 112 valence electrons. The van der Waals surface area contributed by atoms with Crippen LogP contribution in [0.3, 0.4) is 0 Å². The van der Waals surface area contributed by atoms with Gasteiger partial charge in [-0.2, -0.15) is 4.52 Å². The summed E-state index contributed by atoms with van der Waals surface area (Å²) in [6.45, 7) is 4.27. The maximum atomic E-state index is 12.6. The van der Waals surface area contributed by atoms with E-state index >= 15 is 0 Å². The fourth-order valence-corrected chi connectivity index (χ4v) is 3.04. The molecule has 0 bridgehead atoms. The van der Waals surface area contributed by atoms with Gasteiger partial charge < -0.3 is 4.90 Å². The van der Waals surface area contributed by atoms with E-state index in [-0.39, 0.29) is 5.56 Å². The molecule has 0 N–H and O–H groups in total. The number of hydrogen-bond donors (Lipinski definition) is 0. The fraction of sp³-hybridized carbons (Fsp3) is 0.353. The molecule has 4 rings (SSSR count). The summed E-state index contributed by atoms with van der Waals surface area (Å²) in [5.74, 6) is 1.63. The third-order valence-electron chi connectivity index (χ3n) is 4.47. The van der Waals surface area contributed by atoms with Gasteiger partial charge in [-0.25, -0.2) is 4.98 Å². The Morgan fingerprint density at radius 3 is 2.68 bits per heavy atom. The van der Waals surface area contributed by atoms with Gasteiger partial charge in [0.15, 0.2) is 5.65 Å². The summed E-state index contributed by atoms with van der Waals surface area (Å²) in [6.07, 6.45) is 2.34. The van der Waals surface area contributed by atoms with Crippen LogP contribution in [-0.4, -0.2) is 27.7 Å². The summed E-state index contributed by atoms with van der Waals surface area (Å²) >= 11 is 0. The molecule has 2 aromatic heterocycles. The second-order valence-corrected chi connectivity index (χ2v) is 6.07. The second-order valence-electron chi connectivity index (χ2n) is 6.07. The van der Waals surface area contributed by atoms with Crippen LogP contribution in [0.1, 0.15) is 19.8 Å². The number of hydrogen-bond acceptors (Lipinski definition) is 4. The van der Waals surface area contributed by atoms with Gasteiger partial charge in [-0.05, 0) is 43.0 Å². The SMILES string of the molecule is CC1CCN(c2ccc3nc4ccccc4c(=O)n3n2)CC1. The lowest BCUT2D eigenvalue weighted by Crippen LogP contribution is -2.34. The molecule has 22 heavy (non-hydrogen) atoms. The van der Waals surface area contributed by atoms with E-state index in [0.717, 1.165) is 24.8 Å².